The van der Waals surface area contributed by atoms with Gasteiger partial charge in [-0.15, -0.1) is 0 Å². The van der Waals surface area contributed by atoms with Gasteiger partial charge in [0, 0.05) is 11.6 Å². The van der Waals surface area contributed by atoms with E-state index in [0.29, 0.717) is 5.82 Å². The maximum Gasteiger partial charge on any atom is 0.239 e. The van der Waals surface area contributed by atoms with E-state index in [1.807, 2.05) is 6.07 Å². The number of nitrogens with zero attached hydrogens (tertiary/aromatic N) is 1. The number of benzene rings is 1. The van der Waals surface area contributed by atoms with E-state index in [-0.39, 0.29) is 5.75 Å². The summed E-state index contributed by atoms with van der Waals surface area (Å²) >= 11 is 0. The molecule has 5 heteroatoms. The van der Waals surface area contributed by atoms with Crippen molar-refractivity contribution in [1.29, 1.82) is 0 Å². The Kier molecular flexibility index (Phi) is 2.82. The Labute approximate surface area is 98.3 Å². The molecular weight excluding hydrogens is 218 g/mol. The van der Waals surface area contributed by atoms with E-state index in [9.17, 15) is 9.90 Å². The first-order valence-corrected chi connectivity index (χ1v) is 5.21. The maximum absolute atomic E-state index is 11.0. The zero-order valence-electron chi connectivity index (χ0n) is 9.34. The largest absolute Gasteiger partial charge is 0.508 e. The van der Waals surface area contributed by atoms with Gasteiger partial charge in [-0.3, -0.25) is 4.79 Å². The van der Waals surface area contributed by atoms with Crippen molar-refractivity contribution in [3.63, 3.8) is 0 Å². The van der Waals surface area contributed by atoms with Gasteiger partial charge in [-0.1, -0.05) is 6.07 Å². The summed E-state index contributed by atoms with van der Waals surface area (Å²) in [6, 6.07) is 6.29. The van der Waals surface area contributed by atoms with Crippen LogP contribution < -0.4 is 11.1 Å². The number of nitrogens with one attached hydrogen (secondary N) is 1. The van der Waals surface area contributed by atoms with Crippen molar-refractivity contribution < 1.29 is 9.90 Å². The summed E-state index contributed by atoms with van der Waals surface area (Å²) in [5.41, 5.74) is 5.18. The highest BCUT2D eigenvalue weighted by Crippen LogP contribution is 2.25. The van der Waals surface area contributed by atoms with E-state index in [2.05, 4.69) is 10.3 Å². The van der Waals surface area contributed by atoms with Crippen LogP contribution in [0.1, 0.15) is 6.92 Å². The topological polar surface area (TPSA) is 88.2 Å². The molecule has 0 aliphatic carbocycles. The van der Waals surface area contributed by atoms with E-state index in [1.54, 1.807) is 31.3 Å². The van der Waals surface area contributed by atoms with Crippen molar-refractivity contribution in [2.24, 2.45) is 5.73 Å². The molecule has 1 unspecified atom stereocenters. The van der Waals surface area contributed by atoms with E-state index < -0.39 is 11.9 Å². The number of carbonyl (C=O) groups is 1. The van der Waals surface area contributed by atoms with Crippen molar-refractivity contribution in [3.8, 4) is 5.75 Å². The van der Waals surface area contributed by atoms with Crippen LogP contribution >= 0.6 is 0 Å². The lowest BCUT2D eigenvalue weighted by molar-refractivity contribution is -0.118. The van der Waals surface area contributed by atoms with Gasteiger partial charge in [0.15, 0.2) is 0 Å². The van der Waals surface area contributed by atoms with Gasteiger partial charge in [0.2, 0.25) is 5.91 Å². The van der Waals surface area contributed by atoms with Gasteiger partial charge < -0.3 is 16.2 Å². The first-order valence-electron chi connectivity index (χ1n) is 5.21. The molecule has 2 rings (SSSR count). The Hall–Kier alpha value is -2.30. The maximum atomic E-state index is 11.0. The summed E-state index contributed by atoms with van der Waals surface area (Å²) in [7, 11) is 0. The number of primary amides is 1. The van der Waals surface area contributed by atoms with Gasteiger partial charge >= 0.3 is 0 Å². The molecule has 0 fully saturated rings. The van der Waals surface area contributed by atoms with Gasteiger partial charge in [0.25, 0.3) is 0 Å². The van der Waals surface area contributed by atoms with Crippen LogP contribution in [0.25, 0.3) is 10.8 Å². The van der Waals surface area contributed by atoms with Crippen LogP contribution in [0.2, 0.25) is 0 Å². The second-order valence-corrected chi connectivity index (χ2v) is 3.83. The second-order valence-electron chi connectivity index (χ2n) is 3.83. The second kappa shape index (κ2) is 4.29. The average Bonchev–Trinajstić information content (AvgIpc) is 2.29. The number of amides is 1. The van der Waals surface area contributed by atoms with Gasteiger partial charge in [-0.2, -0.15) is 0 Å². The molecule has 1 aromatic heterocycles. The van der Waals surface area contributed by atoms with Gasteiger partial charge in [0.1, 0.15) is 17.6 Å². The van der Waals surface area contributed by atoms with Crippen LogP contribution in [0.5, 0.6) is 5.75 Å². The lowest BCUT2D eigenvalue weighted by Gasteiger charge is -2.12. The molecule has 17 heavy (non-hydrogen) atoms. The number of phenols is 1. The minimum atomic E-state index is -0.518. The zero-order valence-corrected chi connectivity index (χ0v) is 9.34. The average molecular weight is 231 g/mol. The molecule has 0 spiro atoms. The number of rotatable bonds is 3. The molecule has 1 amide bonds. The van der Waals surface area contributed by atoms with Crippen LogP contribution in [-0.2, 0) is 4.79 Å². The van der Waals surface area contributed by atoms with E-state index >= 15 is 0 Å². The number of hydrogen-bond acceptors (Lipinski definition) is 4. The number of fused-ring (bicyclic) bond motifs is 1. The van der Waals surface area contributed by atoms with E-state index in [0.717, 1.165) is 10.8 Å². The van der Waals surface area contributed by atoms with Crippen LogP contribution in [0.4, 0.5) is 5.82 Å². The minimum absolute atomic E-state index is 0.153. The molecule has 1 heterocycles. The molecule has 0 bridgehead atoms. The smallest absolute Gasteiger partial charge is 0.239 e. The molecule has 0 aliphatic rings. The SMILES string of the molecule is CC(Nc1nccc2ccc(O)cc12)C(N)=O. The molecule has 5 nitrogen and oxygen atoms in total. The predicted molar refractivity (Wildman–Crippen MR) is 65.7 cm³/mol. The number of pyridine rings is 1. The molecule has 1 atom stereocenters. The highest BCUT2D eigenvalue weighted by molar-refractivity contribution is 5.94. The fraction of sp³-hybridized carbons (Fsp3) is 0.167. The number of aromatic hydroxyl groups is 1. The fourth-order valence-corrected chi connectivity index (χ4v) is 1.55. The first-order chi connectivity index (χ1) is 8.08. The Balaban J connectivity index is 2.46. The molecular formula is C12H13N3O2. The predicted octanol–water partition coefficient (Wildman–Crippen LogP) is 1.23. The Morgan fingerprint density at radius 2 is 2.24 bits per heavy atom. The van der Waals surface area contributed by atoms with E-state index in [4.69, 9.17) is 5.73 Å². The summed E-state index contributed by atoms with van der Waals surface area (Å²) in [4.78, 5) is 15.1. The number of carbonyl (C=O) groups excluding carboxylic acids is 1. The van der Waals surface area contributed by atoms with Crippen molar-refractivity contribution in [1.82, 2.24) is 4.98 Å². The van der Waals surface area contributed by atoms with Crippen molar-refractivity contribution >= 4 is 22.5 Å². The quantitative estimate of drug-likeness (QED) is 0.741. The Bertz CT molecular complexity index is 569. The third-order valence-electron chi connectivity index (χ3n) is 2.53. The van der Waals surface area contributed by atoms with Crippen LogP contribution in [0.15, 0.2) is 30.5 Å². The highest BCUT2D eigenvalue weighted by atomic mass is 16.3. The van der Waals surface area contributed by atoms with E-state index in [1.165, 1.54) is 0 Å². The molecule has 88 valence electrons. The van der Waals surface area contributed by atoms with Crippen LogP contribution in [-0.4, -0.2) is 22.0 Å². The van der Waals surface area contributed by atoms with Crippen LogP contribution in [0, 0.1) is 0 Å². The molecule has 2 aromatic rings. The number of hydrogen-bond donors (Lipinski definition) is 3. The molecule has 1 aromatic carbocycles. The minimum Gasteiger partial charge on any atom is -0.508 e. The van der Waals surface area contributed by atoms with Crippen molar-refractivity contribution in [2.75, 3.05) is 5.32 Å². The number of anilines is 1. The zero-order chi connectivity index (χ0) is 12.4. The third kappa shape index (κ3) is 2.28. The Morgan fingerprint density at radius 1 is 1.47 bits per heavy atom. The summed E-state index contributed by atoms with van der Waals surface area (Å²) < 4.78 is 0. The molecule has 0 saturated carbocycles. The number of aromatic nitrogens is 1. The normalized spacial score (nSPS) is 12.3. The monoisotopic (exact) mass is 231 g/mol. The fourth-order valence-electron chi connectivity index (χ4n) is 1.55. The standard InChI is InChI=1S/C12H13N3O2/c1-7(11(13)17)15-12-10-6-9(16)3-2-8(10)4-5-14-12/h2-7,16H,1H3,(H2,13,17)(H,14,15). The third-order valence-corrected chi connectivity index (χ3v) is 2.53. The van der Waals surface area contributed by atoms with Crippen molar-refractivity contribution in [2.45, 2.75) is 13.0 Å². The number of nitrogens with two attached hydrogens (primary N) is 1. The Morgan fingerprint density at radius 3 is 2.94 bits per heavy atom. The summed E-state index contributed by atoms with van der Waals surface area (Å²) in [6.07, 6.45) is 1.63. The first kappa shape index (κ1) is 11.2. The van der Waals surface area contributed by atoms with Gasteiger partial charge in [-0.05, 0) is 30.5 Å². The van der Waals surface area contributed by atoms with Gasteiger partial charge in [-0.25, -0.2) is 4.98 Å². The van der Waals surface area contributed by atoms with Crippen molar-refractivity contribution in [3.05, 3.63) is 30.5 Å². The lowest BCUT2D eigenvalue weighted by atomic mass is 10.1. The van der Waals surface area contributed by atoms with Gasteiger partial charge in [0.05, 0.1) is 0 Å². The number of phenolic OH excluding ortho intramolecular Hbond substituents is 1. The van der Waals surface area contributed by atoms with Crippen LogP contribution in [0.3, 0.4) is 0 Å². The summed E-state index contributed by atoms with van der Waals surface area (Å²) in [6.45, 7) is 1.66. The molecule has 0 saturated heterocycles. The molecule has 0 aliphatic heterocycles. The molecule has 4 N–H and O–H groups in total. The summed E-state index contributed by atoms with van der Waals surface area (Å²) in [5, 5.41) is 14.0. The molecule has 0 radical (unpaired) electrons. The lowest BCUT2D eigenvalue weighted by Crippen LogP contribution is -2.32. The highest BCUT2D eigenvalue weighted by Gasteiger charge is 2.11. The summed E-state index contributed by atoms with van der Waals surface area (Å²) in [5.74, 6) is 0.230.